The first-order valence-corrected chi connectivity index (χ1v) is 15.9. The van der Waals surface area contributed by atoms with E-state index in [1.807, 2.05) is 43.3 Å². The lowest BCUT2D eigenvalue weighted by atomic mass is 10.0. The molecule has 1 aliphatic heterocycles. The third-order valence-corrected chi connectivity index (χ3v) is 7.59. The number of hydrogen-bond donors (Lipinski definition) is 0. The molecular formula is C38H42O8. The van der Waals surface area contributed by atoms with Crippen molar-refractivity contribution in [1.29, 1.82) is 0 Å². The molecule has 0 N–H and O–H groups in total. The summed E-state index contributed by atoms with van der Waals surface area (Å²) in [6.45, 7) is 11.4. The van der Waals surface area contributed by atoms with Crippen LogP contribution in [-0.4, -0.2) is 36.4 Å². The van der Waals surface area contributed by atoms with Gasteiger partial charge in [-0.1, -0.05) is 77.0 Å². The summed E-state index contributed by atoms with van der Waals surface area (Å²) < 4.78 is 28.5. The standard InChI is InChI=1S/C38H42O8/c1-5-8-9-10-12-36(46-35(39)7-3)43-31-19-13-27(14-20-31)28-15-21-32(22-16-28)44-38(41)29-17-23-30(24-18-29)42-33(11-6-2)34-25-26(4)37(40)45-34/h7,13-24,33-34,36H,3-6,8-12,25H2,1-2H3. The van der Waals surface area contributed by atoms with Gasteiger partial charge in [0.2, 0.25) is 6.29 Å². The maximum Gasteiger partial charge on any atom is 0.343 e. The molecule has 0 spiro atoms. The van der Waals surface area contributed by atoms with E-state index in [0.29, 0.717) is 41.2 Å². The van der Waals surface area contributed by atoms with Gasteiger partial charge in [0.15, 0.2) is 0 Å². The number of unbranched alkanes of at least 4 members (excludes halogenated alkanes) is 3. The highest BCUT2D eigenvalue weighted by atomic mass is 16.7. The van der Waals surface area contributed by atoms with Gasteiger partial charge >= 0.3 is 17.9 Å². The first-order chi connectivity index (χ1) is 22.3. The lowest BCUT2D eigenvalue weighted by Gasteiger charge is -2.23. The Morgan fingerprint density at radius 3 is 2.00 bits per heavy atom. The van der Waals surface area contributed by atoms with Crippen molar-refractivity contribution in [2.45, 2.75) is 83.7 Å². The zero-order chi connectivity index (χ0) is 32.9. The van der Waals surface area contributed by atoms with Crippen molar-refractivity contribution in [3.05, 3.63) is 103 Å². The number of benzene rings is 3. The first kappa shape index (κ1) is 34.0. The van der Waals surface area contributed by atoms with Gasteiger partial charge in [-0.15, -0.1) is 0 Å². The molecule has 4 rings (SSSR count). The van der Waals surface area contributed by atoms with E-state index in [1.54, 1.807) is 36.4 Å². The van der Waals surface area contributed by atoms with Gasteiger partial charge in [0, 0.05) is 24.5 Å². The molecule has 242 valence electrons. The molecular weight excluding hydrogens is 584 g/mol. The maximum atomic E-state index is 12.8. The molecule has 3 unspecified atom stereocenters. The summed E-state index contributed by atoms with van der Waals surface area (Å²) in [6, 6.07) is 21.4. The van der Waals surface area contributed by atoms with Crippen molar-refractivity contribution in [2.24, 2.45) is 0 Å². The molecule has 1 fully saturated rings. The highest BCUT2D eigenvalue weighted by molar-refractivity contribution is 5.91. The highest BCUT2D eigenvalue weighted by Crippen LogP contribution is 2.28. The van der Waals surface area contributed by atoms with Crippen LogP contribution in [0, 0.1) is 0 Å². The highest BCUT2D eigenvalue weighted by Gasteiger charge is 2.34. The number of ether oxygens (including phenoxy) is 5. The fraction of sp³-hybridized carbons (Fsp3) is 0.342. The number of carbonyl (C=O) groups excluding carboxylic acids is 3. The van der Waals surface area contributed by atoms with Crippen molar-refractivity contribution < 1.29 is 38.1 Å². The minimum absolute atomic E-state index is 0.299. The van der Waals surface area contributed by atoms with Gasteiger partial charge in [-0.05, 0) is 72.5 Å². The molecule has 8 heteroatoms. The predicted molar refractivity (Wildman–Crippen MR) is 176 cm³/mol. The third kappa shape index (κ3) is 9.83. The third-order valence-electron chi connectivity index (χ3n) is 7.59. The zero-order valence-corrected chi connectivity index (χ0v) is 26.6. The monoisotopic (exact) mass is 626 g/mol. The Morgan fingerprint density at radius 2 is 1.43 bits per heavy atom. The number of cyclic esters (lactones) is 1. The number of esters is 3. The summed E-state index contributed by atoms with van der Waals surface area (Å²) in [5.41, 5.74) is 2.71. The van der Waals surface area contributed by atoms with E-state index in [1.165, 1.54) is 0 Å². The van der Waals surface area contributed by atoms with Crippen molar-refractivity contribution in [3.8, 4) is 28.4 Å². The molecule has 1 saturated heterocycles. The van der Waals surface area contributed by atoms with Crippen LogP contribution < -0.4 is 14.2 Å². The number of hydrogen-bond acceptors (Lipinski definition) is 8. The lowest BCUT2D eigenvalue weighted by molar-refractivity contribution is -0.158. The van der Waals surface area contributed by atoms with Crippen molar-refractivity contribution >= 4 is 17.9 Å². The van der Waals surface area contributed by atoms with Crippen LogP contribution in [0.15, 0.2) is 97.6 Å². The molecule has 0 bridgehead atoms. The molecule has 8 nitrogen and oxygen atoms in total. The Labute approximate surface area is 271 Å². The van der Waals surface area contributed by atoms with Gasteiger partial charge in [-0.25, -0.2) is 14.4 Å². The van der Waals surface area contributed by atoms with Gasteiger partial charge in [0.05, 0.1) is 5.56 Å². The van der Waals surface area contributed by atoms with Crippen LogP contribution in [0.25, 0.3) is 11.1 Å². The molecule has 3 atom stereocenters. The van der Waals surface area contributed by atoms with E-state index in [4.69, 9.17) is 23.7 Å². The fourth-order valence-corrected chi connectivity index (χ4v) is 5.06. The maximum absolute atomic E-state index is 12.8. The SMILES string of the molecule is C=CC(=O)OC(CCCCCC)Oc1ccc(-c2ccc(OC(=O)c3ccc(OC(CCC)C4CC(=C)C(=O)O4)cc3)cc2)cc1. The molecule has 46 heavy (non-hydrogen) atoms. The summed E-state index contributed by atoms with van der Waals surface area (Å²) in [6.07, 6.45) is 6.61. The van der Waals surface area contributed by atoms with E-state index < -0.39 is 18.2 Å². The van der Waals surface area contributed by atoms with Crippen LogP contribution in [0.2, 0.25) is 0 Å². The molecule has 3 aromatic rings. The van der Waals surface area contributed by atoms with Crippen LogP contribution in [0.3, 0.4) is 0 Å². The minimum atomic E-state index is -0.678. The average molecular weight is 627 g/mol. The van der Waals surface area contributed by atoms with Crippen LogP contribution in [0.1, 0.15) is 75.6 Å². The summed E-state index contributed by atoms with van der Waals surface area (Å²) in [5.74, 6) is 0.196. The second kappa shape index (κ2) is 17.0. The second-order valence-electron chi connectivity index (χ2n) is 11.2. The van der Waals surface area contributed by atoms with Crippen LogP contribution in [0.4, 0.5) is 0 Å². The Balaban J connectivity index is 1.31. The van der Waals surface area contributed by atoms with Gasteiger partial charge in [-0.2, -0.15) is 0 Å². The van der Waals surface area contributed by atoms with Crippen molar-refractivity contribution in [1.82, 2.24) is 0 Å². The van der Waals surface area contributed by atoms with Gasteiger partial charge in [0.1, 0.15) is 29.5 Å². The molecule has 3 aromatic carbocycles. The lowest BCUT2D eigenvalue weighted by Crippen LogP contribution is -2.31. The van der Waals surface area contributed by atoms with E-state index >= 15 is 0 Å². The second-order valence-corrected chi connectivity index (χ2v) is 11.2. The van der Waals surface area contributed by atoms with E-state index in [0.717, 1.165) is 55.7 Å². The largest absolute Gasteiger partial charge is 0.487 e. The fourth-order valence-electron chi connectivity index (χ4n) is 5.06. The van der Waals surface area contributed by atoms with Crippen LogP contribution in [0.5, 0.6) is 17.2 Å². The van der Waals surface area contributed by atoms with Crippen LogP contribution in [-0.2, 0) is 19.1 Å². The topological polar surface area (TPSA) is 97.4 Å². The summed E-state index contributed by atoms with van der Waals surface area (Å²) in [7, 11) is 0. The first-order valence-electron chi connectivity index (χ1n) is 15.9. The molecule has 1 aliphatic rings. The molecule has 0 amide bonds. The smallest absolute Gasteiger partial charge is 0.343 e. The van der Waals surface area contributed by atoms with E-state index in [9.17, 15) is 14.4 Å². The van der Waals surface area contributed by atoms with Gasteiger partial charge in [0.25, 0.3) is 0 Å². The molecule has 0 saturated carbocycles. The predicted octanol–water partition coefficient (Wildman–Crippen LogP) is 8.40. The van der Waals surface area contributed by atoms with E-state index in [2.05, 4.69) is 20.1 Å². The molecule has 0 radical (unpaired) electrons. The Morgan fingerprint density at radius 1 is 0.826 bits per heavy atom. The molecule has 1 heterocycles. The summed E-state index contributed by atoms with van der Waals surface area (Å²) in [5, 5.41) is 0. The minimum Gasteiger partial charge on any atom is -0.487 e. The number of rotatable bonds is 17. The summed E-state index contributed by atoms with van der Waals surface area (Å²) in [4.78, 5) is 36.4. The van der Waals surface area contributed by atoms with Crippen LogP contribution >= 0.6 is 0 Å². The normalized spacial score (nSPS) is 15.4. The Hall–Kier alpha value is -4.85. The van der Waals surface area contributed by atoms with Crippen molar-refractivity contribution in [3.63, 3.8) is 0 Å². The van der Waals surface area contributed by atoms with E-state index in [-0.39, 0.29) is 18.2 Å². The molecule has 0 aliphatic carbocycles. The zero-order valence-electron chi connectivity index (χ0n) is 26.6. The summed E-state index contributed by atoms with van der Waals surface area (Å²) >= 11 is 0. The Kier molecular flexibility index (Phi) is 12.6. The quantitative estimate of drug-likeness (QED) is 0.0485. The number of carbonyl (C=O) groups is 3. The average Bonchev–Trinajstić information content (AvgIpc) is 3.41. The molecule has 0 aromatic heterocycles. The van der Waals surface area contributed by atoms with Crippen molar-refractivity contribution in [2.75, 3.05) is 0 Å². The Bertz CT molecular complexity index is 1460. The van der Waals surface area contributed by atoms with Gasteiger partial charge in [-0.3, -0.25) is 0 Å². The van der Waals surface area contributed by atoms with Gasteiger partial charge < -0.3 is 23.7 Å².